The molecule has 0 spiro atoms. The summed E-state index contributed by atoms with van der Waals surface area (Å²) in [4.78, 5) is 16.3. The second-order valence-corrected chi connectivity index (χ2v) is 7.09. The minimum Gasteiger partial charge on any atom is -0.368 e. The molecule has 6 heteroatoms. The highest BCUT2D eigenvalue weighted by Gasteiger charge is 2.21. The minimum absolute atomic E-state index is 0.576. The maximum Gasteiger partial charge on any atom is 0.134 e. The topological polar surface area (TPSA) is 47.5 Å². The van der Waals surface area contributed by atoms with Crippen molar-refractivity contribution >= 4 is 11.6 Å². The van der Waals surface area contributed by atoms with Gasteiger partial charge >= 0.3 is 0 Å². The molecule has 1 aromatic rings. The minimum atomic E-state index is 0.576. The van der Waals surface area contributed by atoms with Gasteiger partial charge in [-0.05, 0) is 32.7 Å². The molecule has 6 nitrogen and oxygen atoms in total. The van der Waals surface area contributed by atoms with Crippen molar-refractivity contribution in [1.29, 1.82) is 0 Å². The van der Waals surface area contributed by atoms with E-state index < -0.39 is 0 Å². The van der Waals surface area contributed by atoms with Gasteiger partial charge in [0.05, 0.1) is 0 Å². The van der Waals surface area contributed by atoms with Crippen LogP contribution < -0.4 is 10.2 Å². The second kappa shape index (κ2) is 8.62. The Bertz CT molecular complexity index is 494. The molecule has 3 heterocycles. The molecule has 1 aromatic heterocycles. The molecule has 2 aliphatic rings. The van der Waals surface area contributed by atoms with Crippen LogP contribution in [-0.4, -0.2) is 78.7 Å². The quantitative estimate of drug-likeness (QED) is 0.859. The van der Waals surface area contributed by atoms with Crippen LogP contribution in [-0.2, 0) is 0 Å². The zero-order valence-corrected chi connectivity index (χ0v) is 15.2. The summed E-state index contributed by atoms with van der Waals surface area (Å²) in [7, 11) is 2.21. The highest BCUT2D eigenvalue weighted by molar-refractivity contribution is 5.48. The van der Waals surface area contributed by atoms with Crippen LogP contribution in [0.2, 0.25) is 0 Å². The van der Waals surface area contributed by atoms with Gasteiger partial charge in [0.2, 0.25) is 0 Å². The summed E-state index contributed by atoms with van der Waals surface area (Å²) in [6.45, 7) is 10.1. The normalized spacial score (nSPS) is 21.7. The Labute approximate surface area is 146 Å². The molecule has 0 aromatic carbocycles. The summed E-state index contributed by atoms with van der Waals surface area (Å²) in [5, 5.41) is 3.55. The zero-order valence-electron chi connectivity index (χ0n) is 15.2. The van der Waals surface area contributed by atoms with Crippen molar-refractivity contribution in [2.75, 3.05) is 63.1 Å². The number of piperazine rings is 1. The van der Waals surface area contributed by atoms with Crippen molar-refractivity contribution < 1.29 is 0 Å². The Balaban J connectivity index is 1.55. The maximum absolute atomic E-state index is 4.47. The molecule has 3 rings (SSSR count). The number of piperidine rings is 1. The number of hydrogen-bond acceptors (Lipinski definition) is 6. The van der Waals surface area contributed by atoms with Gasteiger partial charge in [0.15, 0.2) is 0 Å². The monoisotopic (exact) mass is 332 g/mol. The smallest absolute Gasteiger partial charge is 0.134 e. The molecule has 134 valence electrons. The first-order valence-electron chi connectivity index (χ1n) is 9.49. The average molecular weight is 332 g/mol. The molecular formula is C18H32N6. The first-order valence-corrected chi connectivity index (χ1v) is 9.49. The fraction of sp³-hybridized carbons (Fsp3) is 0.778. The van der Waals surface area contributed by atoms with Crippen molar-refractivity contribution in [3.63, 3.8) is 0 Å². The molecule has 0 amide bonds. The maximum atomic E-state index is 4.47. The van der Waals surface area contributed by atoms with E-state index in [0.717, 1.165) is 31.3 Å². The standard InChI is InChI=1S/C18H32N6/c1-3-16(23-11-9-22(2)10-12-23)14-19-17-13-18(21-15-20-17)24-7-5-4-6-8-24/h13,15-16H,3-12,14H2,1-2H3,(H,19,20,21)/t16-/m0/s1. The SMILES string of the molecule is CC[C@@H](CNc1cc(N2CCCCC2)ncn1)N1CCN(C)CC1. The number of likely N-dealkylation sites (N-methyl/N-ethyl adjacent to an activating group) is 1. The van der Waals surface area contributed by atoms with E-state index >= 15 is 0 Å². The van der Waals surface area contributed by atoms with Crippen LogP contribution in [0.1, 0.15) is 32.6 Å². The Morgan fingerprint density at radius 1 is 1.04 bits per heavy atom. The third-order valence-corrected chi connectivity index (χ3v) is 5.38. The largest absolute Gasteiger partial charge is 0.368 e. The van der Waals surface area contributed by atoms with E-state index in [0.29, 0.717) is 6.04 Å². The summed E-state index contributed by atoms with van der Waals surface area (Å²) in [5.41, 5.74) is 0. The Hall–Kier alpha value is -1.40. The number of nitrogens with zero attached hydrogens (tertiary/aromatic N) is 5. The summed E-state index contributed by atoms with van der Waals surface area (Å²) >= 11 is 0. The van der Waals surface area contributed by atoms with E-state index in [4.69, 9.17) is 0 Å². The third-order valence-electron chi connectivity index (χ3n) is 5.38. The number of rotatable bonds is 6. The van der Waals surface area contributed by atoms with Gasteiger partial charge in [-0.25, -0.2) is 9.97 Å². The molecule has 0 radical (unpaired) electrons. The highest BCUT2D eigenvalue weighted by Crippen LogP contribution is 2.19. The molecular weight excluding hydrogens is 300 g/mol. The van der Waals surface area contributed by atoms with Gasteiger partial charge in [0.25, 0.3) is 0 Å². The highest BCUT2D eigenvalue weighted by atomic mass is 15.3. The number of anilines is 2. The Morgan fingerprint density at radius 3 is 2.50 bits per heavy atom. The average Bonchev–Trinajstić information content (AvgIpc) is 2.64. The van der Waals surface area contributed by atoms with Crippen molar-refractivity contribution in [3.8, 4) is 0 Å². The molecule has 0 aliphatic carbocycles. The van der Waals surface area contributed by atoms with Gasteiger partial charge in [-0.15, -0.1) is 0 Å². The van der Waals surface area contributed by atoms with Gasteiger partial charge in [0.1, 0.15) is 18.0 Å². The number of aromatic nitrogens is 2. The summed E-state index contributed by atoms with van der Waals surface area (Å²) in [5.74, 6) is 2.03. The molecule has 2 saturated heterocycles. The molecule has 0 saturated carbocycles. The Kier molecular flexibility index (Phi) is 6.26. The van der Waals surface area contributed by atoms with E-state index in [1.165, 1.54) is 51.9 Å². The van der Waals surface area contributed by atoms with Gasteiger partial charge in [0, 0.05) is 57.9 Å². The van der Waals surface area contributed by atoms with Gasteiger partial charge in [-0.3, -0.25) is 4.90 Å². The van der Waals surface area contributed by atoms with E-state index in [2.05, 4.69) is 50.0 Å². The molecule has 2 fully saturated rings. The molecule has 2 aliphatic heterocycles. The van der Waals surface area contributed by atoms with E-state index in [9.17, 15) is 0 Å². The van der Waals surface area contributed by atoms with Crippen LogP contribution in [0.4, 0.5) is 11.6 Å². The molecule has 0 unspecified atom stereocenters. The van der Waals surface area contributed by atoms with Crippen molar-refractivity contribution in [2.45, 2.75) is 38.6 Å². The summed E-state index contributed by atoms with van der Waals surface area (Å²) in [6.07, 6.45) is 6.75. The lowest BCUT2D eigenvalue weighted by atomic mass is 10.1. The first kappa shape index (κ1) is 17.4. The third kappa shape index (κ3) is 4.57. The van der Waals surface area contributed by atoms with Gasteiger partial charge in [-0.2, -0.15) is 0 Å². The van der Waals surface area contributed by atoms with Crippen LogP contribution in [0, 0.1) is 0 Å². The van der Waals surface area contributed by atoms with E-state index in [-0.39, 0.29) is 0 Å². The molecule has 24 heavy (non-hydrogen) atoms. The summed E-state index contributed by atoms with van der Waals surface area (Å²) in [6, 6.07) is 2.69. The molecule has 1 N–H and O–H groups in total. The van der Waals surface area contributed by atoms with Gasteiger partial charge < -0.3 is 15.1 Å². The first-order chi connectivity index (χ1) is 11.8. The van der Waals surface area contributed by atoms with E-state index in [1.54, 1.807) is 6.33 Å². The van der Waals surface area contributed by atoms with Crippen LogP contribution in [0.5, 0.6) is 0 Å². The molecule has 1 atom stereocenters. The van der Waals surface area contributed by atoms with Crippen LogP contribution in [0.15, 0.2) is 12.4 Å². The Morgan fingerprint density at radius 2 is 1.79 bits per heavy atom. The fourth-order valence-corrected chi connectivity index (χ4v) is 3.68. The fourth-order valence-electron chi connectivity index (χ4n) is 3.68. The van der Waals surface area contributed by atoms with E-state index in [1.807, 2.05) is 0 Å². The zero-order chi connectivity index (χ0) is 16.8. The number of nitrogens with one attached hydrogen (secondary N) is 1. The van der Waals surface area contributed by atoms with Crippen molar-refractivity contribution in [3.05, 3.63) is 12.4 Å². The summed E-state index contributed by atoms with van der Waals surface area (Å²) < 4.78 is 0. The van der Waals surface area contributed by atoms with Crippen LogP contribution >= 0.6 is 0 Å². The van der Waals surface area contributed by atoms with Crippen LogP contribution in [0.3, 0.4) is 0 Å². The lowest BCUT2D eigenvalue weighted by Crippen LogP contribution is -2.50. The predicted molar refractivity (Wildman–Crippen MR) is 99.7 cm³/mol. The second-order valence-electron chi connectivity index (χ2n) is 7.09. The molecule has 0 bridgehead atoms. The lowest BCUT2D eigenvalue weighted by Gasteiger charge is -2.37. The van der Waals surface area contributed by atoms with Gasteiger partial charge in [-0.1, -0.05) is 6.92 Å². The number of hydrogen-bond donors (Lipinski definition) is 1. The predicted octanol–water partition coefficient (Wildman–Crippen LogP) is 1.90. The lowest BCUT2D eigenvalue weighted by molar-refractivity contribution is 0.114. The van der Waals surface area contributed by atoms with Crippen LogP contribution in [0.25, 0.3) is 0 Å². The van der Waals surface area contributed by atoms with Crippen molar-refractivity contribution in [1.82, 2.24) is 19.8 Å². The van der Waals surface area contributed by atoms with Crippen molar-refractivity contribution in [2.24, 2.45) is 0 Å².